The number of likely N-dealkylation sites (tertiary alicyclic amines) is 1. The number of aliphatic carboxylic acids is 1. The van der Waals surface area contributed by atoms with Gasteiger partial charge in [-0.25, -0.2) is 0 Å². The first kappa shape index (κ1) is 33.8. The predicted molar refractivity (Wildman–Crippen MR) is 162 cm³/mol. The highest BCUT2D eigenvalue weighted by atomic mass is 16.4. The molecule has 3 rings (SSSR count). The molecule has 1 heterocycles. The van der Waals surface area contributed by atoms with E-state index in [0.29, 0.717) is 24.9 Å². The quantitative estimate of drug-likeness (QED) is 0.199. The summed E-state index contributed by atoms with van der Waals surface area (Å²) in [4.78, 5) is 78.3. The van der Waals surface area contributed by atoms with Gasteiger partial charge in [0.05, 0.1) is 12.8 Å². The Bertz CT molecular complexity index is 1320. The van der Waals surface area contributed by atoms with Crippen molar-refractivity contribution < 1.29 is 33.9 Å². The lowest BCUT2D eigenvalue weighted by atomic mass is 10.00. The summed E-state index contributed by atoms with van der Waals surface area (Å²) in [6, 6.07) is 13.4. The number of primary amides is 1. The van der Waals surface area contributed by atoms with Crippen LogP contribution in [0.1, 0.15) is 50.7 Å². The summed E-state index contributed by atoms with van der Waals surface area (Å²) in [6.07, 6.45) is 0.577. The minimum Gasteiger partial charge on any atom is -0.481 e. The monoisotopic (exact) mass is 607 g/mol. The van der Waals surface area contributed by atoms with Gasteiger partial charge in [0.2, 0.25) is 29.5 Å². The molecule has 2 aromatic carbocycles. The number of carboxylic acid groups (broad SMARTS) is 1. The van der Waals surface area contributed by atoms with E-state index in [1.807, 2.05) is 32.0 Å². The lowest BCUT2D eigenvalue weighted by Crippen LogP contribution is -2.59. The zero-order chi connectivity index (χ0) is 32.2. The summed E-state index contributed by atoms with van der Waals surface area (Å²) in [5, 5.41) is 17.3. The molecule has 0 bridgehead atoms. The third-order valence-corrected chi connectivity index (χ3v) is 7.34. The Hall–Kier alpha value is -4.74. The fourth-order valence-corrected chi connectivity index (χ4v) is 5.23. The van der Waals surface area contributed by atoms with Crippen LogP contribution >= 0.6 is 0 Å². The minimum absolute atomic E-state index is 0.0633. The van der Waals surface area contributed by atoms with Gasteiger partial charge in [0, 0.05) is 13.0 Å². The molecule has 44 heavy (non-hydrogen) atoms. The van der Waals surface area contributed by atoms with Crippen LogP contribution in [-0.2, 0) is 41.6 Å². The zero-order valence-corrected chi connectivity index (χ0v) is 25.0. The molecule has 5 amide bonds. The molecule has 12 nitrogen and oxygen atoms in total. The van der Waals surface area contributed by atoms with Crippen LogP contribution in [0.2, 0.25) is 0 Å². The molecule has 1 fully saturated rings. The Morgan fingerprint density at radius 1 is 0.841 bits per heavy atom. The van der Waals surface area contributed by atoms with E-state index in [1.165, 1.54) is 4.90 Å². The highest BCUT2D eigenvalue weighted by Crippen LogP contribution is 2.19. The van der Waals surface area contributed by atoms with E-state index in [2.05, 4.69) is 16.0 Å². The van der Waals surface area contributed by atoms with Gasteiger partial charge in [-0.3, -0.25) is 28.8 Å². The molecule has 0 spiro atoms. The van der Waals surface area contributed by atoms with Crippen molar-refractivity contribution in [1.82, 2.24) is 20.9 Å². The van der Waals surface area contributed by atoms with Gasteiger partial charge in [0.15, 0.2) is 0 Å². The summed E-state index contributed by atoms with van der Waals surface area (Å²) in [7, 11) is 0. The zero-order valence-electron chi connectivity index (χ0n) is 25.0. The van der Waals surface area contributed by atoms with Crippen LogP contribution in [0, 0.1) is 5.92 Å². The van der Waals surface area contributed by atoms with Crippen molar-refractivity contribution in [2.24, 2.45) is 11.7 Å². The Morgan fingerprint density at radius 3 is 1.98 bits per heavy atom. The highest BCUT2D eigenvalue weighted by molar-refractivity contribution is 5.96. The maximum absolute atomic E-state index is 13.7. The number of carboxylic acids is 1. The van der Waals surface area contributed by atoms with E-state index in [-0.39, 0.29) is 25.2 Å². The summed E-state index contributed by atoms with van der Waals surface area (Å²) >= 11 is 0. The molecule has 1 saturated heterocycles. The van der Waals surface area contributed by atoms with Gasteiger partial charge >= 0.3 is 5.97 Å². The van der Waals surface area contributed by atoms with Gasteiger partial charge in [0.1, 0.15) is 24.2 Å². The topological polar surface area (TPSA) is 188 Å². The first-order valence-electron chi connectivity index (χ1n) is 14.7. The fraction of sp³-hybridized carbons (Fsp3) is 0.438. The van der Waals surface area contributed by atoms with Crippen molar-refractivity contribution in [2.75, 3.05) is 6.54 Å². The second kappa shape index (κ2) is 16.2. The number of amides is 5. The van der Waals surface area contributed by atoms with Gasteiger partial charge in [-0.2, -0.15) is 0 Å². The Balaban J connectivity index is 1.79. The Morgan fingerprint density at radius 2 is 1.41 bits per heavy atom. The molecule has 4 atom stereocenters. The van der Waals surface area contributed by atoms with Gasteiger partial charge in [0.25, 0.3) is 0 Å². The normalized spacial score (nSPS) is 16.4. The average Bonchev–Trinajstić information content (AvgIpc) is 3.47. The molecule has 6 N–H and O–H groups in total. The summed E-state index contributed by atoms with van der Waals surface area (Å²) < 4.78 is 0. The second-order valence-electron chi connectivity index (χ2n) is 11.4. The van der Waals surface area contributed by atoms with Crippen LogP contribution in [0.3, 0.4) is 0 Å². The van der Waals surface area contributed by atoms with Gasteiger partial charge in [-0.1, -0.05) is 74.5 Å². The number of carbonyl (C=O) groups is 6. The van der Waals surface area contributed by atoms with Crippen LogP contribution in [-0.4, -0.2) is 76.2 Å². The molecule has 12 heteroatoms. The number of rotatable bonds is 15. The molecule has 0 unspecified atom stereocenters. The fourth-order valence-electron chi connectivity index (χ4n) is 5.23. The van der Waals surface area contributed by atoms with E-state index in [1.54, 1.807) is 42.5 Å². The Labute approximate surface area is 256 Å². The molecule has 0 aromatic heterocycles. The van der Waals surface area contributed by atoms with Crippen molar-refractivity contribution in [3.05, 3.63) is 71.8 Å². The second-order valence-corrected chi connectivity index (χ2v) is 11.4. The smallest absolute Gasteiger partial charge is 0.305 e. The summed E-state index contributed by atoms with van der Waals surface area (Å²) in [6.45, 7) is 4.01. The number of nitrogens with two attached hydrogens (primary N) is 1. The average molecular weight is 608 g/mol. The standard InChI is InChI=1S/C32H41N5O7/c1-20(2)16-23(35-31(43)24(19-28(39)40)34-27(38)18-22-12-7-4-8-13-22)30(42)36-25(17-21-10-5-3-6-11-21)32(44)37-15-9-14-26(37)29(33)41/h3-8,10-13,20,23-26H,9,14-19H2,1-2H3,(H2,33,41)(H,34,38)(H,35,43)(H,36,42)(H,39,40)/t23-,24-,25-,26+/m0/s1. The maximum atomic E-state index is 13.7. The van der Waals surface area contributed by atoms with Crippen LogP contribution in [0.15, 0.2) is 60.7 Å². The van der Waals surface area contributed by atoms with Crippen LogP contribution in [0.5, 0.6) is 0 Å². The molecule has 2 aromatic rings. The summed E-state index contributed by atoms with van der Waals surface area (Å²) in [5.41, 5.74) is 6.99. The molecule has 0 aliphatic carbocycles. The van der Waals surface area contributed by atoms with Crippen LogP contribution < -0.4 is 21.7 Å². The molecule has 0 saturated carbocycles. The third kappa shape index (κ3) is 10.2. The molecule has 1 aliphatic heterocycles. The first-order valence-corrected chi connectivity index (χ1v) is 14.7. The van der Waals surface area contributed by atoms with Crippen LogP contribution in [0.4, 0.5) is 0 Å². The number of hydrogen-bond donors (Lipinski definition) is 5. The predicted octanol–water partition coefficient (Wildman–Crippen LogP) is 0.923. The van der Waals surface area contributed by atoms with E-state index in [0.717, 1.165) is 5.56 Å². The molecule has 1 aliphatic rings. The first-order chi connectivity index (χ1) is 20.9. The number of nitrogens with one attached hydrogen (secondary N) is 3. The van der Waals surface area contributed by atoms with E-state index in [9.17, 15) is 33.9 Å². The van der Waals surface area contributed by atoms with Crippen molar-refractivity contribution in [2.45, 2.75) is 76.5 Å². The van der Waals surface area contributed by atoms with Gasteiger partial charge in [-0.05, 0) is 36.3 Å². The Kier molecular flexibility index (Phi) is 12.4. The van der Waals surface area contributed by atoms with E-state index < -0.39 is 66.1 Å². The highest BCUT2D eigenvalue weighted by Gasteiger charge is 2.38. The number of benzene rings is 2. The van der Waals surface area contributed by atoms with Crippen LogP contribution in [0.25, 0.3) is 0 Å². The SMILES string of the molecule is CC(C)C[C@H](NC(=O)[C@H](CC(=O)O)NC(=O)Cc1ccccc1)C(=O)N[C@@H](Cc1ccccc1)C(=O)N1CCC[C@@H]1C(N)=O. The lowest BCUT2D eigenvalue weighted by molar-refractivity contribution is -0.142. The van der Waals surface area contributed by atoms with Crippen molar-refractivity contribution in [3.63, 3.8) is 0 Å². The maximum Gasteiger partial charge on any atom is 0.305 e. The third-order valence-electron chi connectivity index (χ3n) is 7.34. The summed E-state index contributed by atoms with van der Waals surface area (Å²) in [5.74, 6) is -4.50. The lowest BCUT2D eigenvalue weighted by Gasteiger charge is -2.30. The minimum atomic E-state index is -1.44. The largest absolute Gasteiger partial charge is 0.481 e. The number of carbonyl (C=O) groups excluding carboxylic acids is 5. The molecular formula is C32H41N5O7. The molecule has 236 valence electrons. The van der Waals surface area contributed by atoms with Crippen molar-refractivity contribution >= 4 is 35.5 Å². The van der Waals surface area contributed by atoms with Gasteiger partial charge in [-0.15, -0.1) is 0 Å². The van der Waals surface area contributed by atoms with Crippen molar-refractivity contribution in [1.29, 1.82) is 0 Å². The van der Waals surface area contributed by atoms with E-state index >= 15 is 0 Å². The van der Waals surface area contributed by atoms with Crippen molar-refractivity contribution in [3.8, 4) is 0 Å². The molecule has 0 radical (unpaired) electrons. The van der Waals surface area contributed by atoms with E-state index in [4.69, 9.17) is 5.73 Å². The number of hydrogen-bond acceptors (Lipinski definition) is 6. The number of nitrogens with zero attached hydrogens (tertiary/aromatic N) is 1. The van der Waals surface area contributed by atoms with Gasteiger partial charge < -0.3 is 31.7 Å². The molecular weight excluding hydrogens is 566 g/mol.